The molecule has 6 heteroatoms. The summed E-state index contributed by atoms with van der Waals surface area (Å²) in [5.41, 5.74) is 0.666. The fourth-order valence-corrected chi connectivity index (χ4v) is 3.73. The first-order valence-electron chi connectivity index (χ1n) is 13.3. The number of carbonyl (C=O) groups is 2. The lowest BCUT2D eigenvalue weighted by Gasteiger charge is -2.20. The topological polar surface area (TPSA) is 79.5 Å². The van der Waals surface area contributed by atoms with Gasteiger partial charge in [-0.1, -0.05) is 82.2 Å². The van der Waals surface area contributed by atoms with E-state index in [2.05, 4.69) is 35.0 Å². The molecule has 0 aliphatic heterocycles. The molecule has 194 valence electrons. The minimum atomic E-state index is -0.496. The monoisotopic (exact) mass is 475 g/mol. The van der Waals surface area contributed by atoms with E-state index in [9.17, 15) is 9.59 Å². The quantitative estimate of drug-likeness (QED) is 0.224. The average molecular weight is 476 g/mol. The summed E-state index contributed by atoms with van der Waals surface area (Å²) in [5, 5.41) is 9.33. The maximum atomic E-state index is 12.8. The number of carbonyl (C=O) groups excluding carboxylic acids is 2. The van der Waals surface area contributed by atoms with Gasteiger partial charge in [0.25, 0.3) is 0 Å². The molecule has 0 saturated carbocycles. The summed E-state index contributed by atoms with van der Waals surface area (Å²) in [5.74, 6) is 0.0685. The lowest BCUT2D eigenvalue weighted by molar-refractivity contribution is -0.123. The largest absolute Gasteiger partial charge is 0.444 e. The maximum Gasteiger partial charge on any atom is 0.407 e. The van der Waals surface area contributed by atoms with E-state index in [1.54, 1.807) is 0 Å². The normalized spacial score (nSPS) is 12.2. The summed E-state index contributed by atoms with van der Waals surface area (Å²) >= 11 is 0. The van der Waals surface area contributed by atoms with Gasteiger partial charge >= 0.3 is 6.09 Å². The molecule has 34 heavy (non-hydrogen) atoms. The highest BCUT2D eigenvalue weighted by atomic mass is 16.6. The Kier molecular flexibility index (Phi) is 16.1. The number of nitrogens with one attached hydrogen (secondary N) is 3. The van der Waals surface area contributed by atoms with E-state index >= 15 is 0 Å². The van der Waals surface area contributed by atoms with E-state index in [4.69, 9.17) is 4.74 Å². The summed E-state index contributed by atoms with van der Waals surface area (Å²) in [4.78, 5) is 24.6. The van der Waals surface area contributed by atoms with Gasteiger partial charge < -0.3 is 20.7 Å². The van der Waals surface area contributed by atoms with Crippen LogP contribution < -0.4 is 16.0 Å². The molecule has 0 bridgehead atoms. The van der Waals surface area contributed by atoms with Gasteiger partial charge in [0, 0.05) is 19.6 Å². The molecule has 2 amide bonds. The molecule has 0 spiro atoms. The summed E-state index contributed by atoms with van der Waals surface area (Å²) in [6.07, 6.45) is 12.0. The highest BCUT2D eigenvalue weighted by molar-refractivity contribution is 5.81. The van der Waals surface area contributed by atoms with Crippen LogP contribution in [0.15, 0.2) is 30.3 Å². The van der Waals surface area contributed by atoms with Crippen molar-refractivity contribution in [3.8, 4) is 0 Å². The number of rotatable bonds is 18. The summed E-state index contributed by atoms with van der Waals surface area (Å²) in [6, 6.07) is 9.90. The van der Waals surface area contributed by atoms with Crippen molar-refractivity contribution < 1.29 is 14.3 Å². The summed E-state index contributed by atoms with van der Waals surface area (Å²) < 4.78 is 5.26. The van der Waals surface area contributed by atoms with Crippen LogP contribution in [0.4, 0.5) is 4.79 Å². The van der Waals surface area contributed by atoms with Gasteiger partial charge in [-0.2, -0.15) is 0 Å². The Bertz CT molecular complexity index is 659. The van der Waals surface area contributed by atoms with Gasteiger partial charge in [-0.15, -0.1) is 0 Å². The maximum absolute atomic E-state index is 12.8. The molecule has 0 aromatic heterocycles. The third-order valence-electron chi connectivity index (χ3n) is 5.63. The molecule has 0 heterocycles. The minimum Gasteiger partial charge on any atom is -0.444 e. The fourth-order valence-electron chi connectivity index (χ4n) is 3.73. The molecule has 0 aliphatic carbocycles. The Balaban J connectivity index is 2.33. The van der Waals surface area contributed by atoms with E-state index in [1.165, 1.54) is 44.9 Å². The lowest BCUT2D eigenvalue weighted by Crippen LogP contribution is -2.44. The van der Waals surface area contributed by atoms with Crippen LogP contribution >= 0.6 is 0 Å². The third-order valence-corrected chi connectivity index (χ3v) is 5.63. The van der Waals surface area contributed by atoms with Crippen molar-refractivity contribution in [3.63, 3.8) is 0 Å². The molecule has 0 saturated heterocycles. The van der Waals surface area contributed by atoms with Crippen molar-refractivity contribution >= 4 is 12.0 Å². The number of ether oxygens (including phenoxy) is 1. The van der Waals surface area contributed by atoms with Crippen LogP contribution in [0.1, 0.15) is 104 Å². The smallest absolute Gasteiger partial charge is 0.407 e. The van der Waals surface area contributed by atoms with Gasteiger partial charge in [0.05, 0.1) is 6.04 Å². The number of amides is 2. The second kappa shape index (κ2) is 18.3. The zero-order valence-corrected chi connectivity index (χ0v) is 22.1. The van der Waals surface area contributed by atoms with Crippen molar-refractivity contribution in [2.45, 2.75) is 117 Å². The molecule has 1 rings (SSSR count). The van der Waals surface area contributed by atoms with Gasteiger partial charge in [-0.05, 0) is 52.0 Å². The van der Waals surface area contributed by atoms with Crippen LogP contribution in [-0.2, 0) is 16.1 Å². The average Bonchev–Trinajstić information content (AvgIpc) is 2.79. The van der Waals surface area contributed by atoms with E-state index in [0.717, 1.165) is 37.8 Å². The zero-order chi connectivity index (χ0) is 25.1. The number of benzene rings is 1. The number of hydrogen-bond donors (Lipinski definition) is 3. The zero-order valence-electron chi connectivity index (χ0n) is 22.1. The molecular formula is C28H49N3O3. The van der Waals surface area contributed by atoms with Gasteiger partial charge in [0.15, 0.2) is 0 Å². The van der Waals surface area contributed by atoms with Gasteiger partial charge in [0.1, 0.15) is 5.60 Å². The molecule has 1 aromatic rings. The van der Waals surface area contributed by atoms with Crippen molar-refractivity contribution in [2.75, 3.05) is 13.1 Å². The molecule has 1 atom stereocenters. The Labute approximate surface area is 208 Å². The van der Waals surface area contributed by atoms with Crippen LogP contribution in [0.5, 0.6) is 0 Å². The van der Waals surface area contributed by atoms with Crippen molar-refractivity contribution in [1.82, 2.24) is 16.0 Å². The van der Waals surface area contributed by atoms with Crippen LogP contribution in [0.25, 0.3) is 0 Å². The van der Waals surface area contributed by atoms with Gasteiger partial charge in [-0.25, -0.2) is 4.79 Å². The van der Waals surface area contributed by atoms with Crippen LogP contribution in [0.3, 0.4) is 0 Å². The second-order valence-electron chi connectivity index (χ2n) is 10.1. The Morgan fingerprint density at radius 3 is 2.06 bits per heavy atom. The van der Waals surface area contributed by atoms with Crippen LogP contribution in [-0.4, -0.2) is 36.7 Å². The highest BCUT2D eigenvalue weighted by Gasteiger charge is 2.18. The first-order chi connectivity index (χ1) is 16.3. The SMILES string of the molecule is CCCCCCCCCCNC(=O)[C@H](CCCCNC(=O)OC(C)(C)C)NCc1ccccc1. The minimum absolute atomic E-state index is 0.0685. The predicted octanol–water partition coefficient (Wildman–Crippen LogP) is 6.10. The summed E-state index contributed by atoms with van der Waals surface area (Å²) in [7, 11) is 0. The molecule has 6 nitrogen and oxygen atoms in total. The Morgan fingerprint density at radius 2 is 1.41 bits per heavy atom. The van der Waals surface area contributed by atoms with Gasteiger partial charge in [-0.3, -0.25) is 4.79 Å². The van der Waals surface area contributed by atoms with E-state index in [1.807, 2.05) is 39.0 Å². The van der Waals surface area contributed by atoms with Crippen LogP contribution in [0, 0.1) is 0 Å². The van der Waals surface area contributed by atoms with E-state index in [0.29, 0.717) is 13.1 Å². The first kappa shape index (κ1) is 30.0. The second-order valence-corrected chi connectivity index (χ2v) is 10.1. The van der Waals surface area contributed by atoms with Crippen LogP contribution in [0.2, 0.25) is 0 Å². The number of hydrogen-bond acceptors (Lipinski definition) is 4. The van der Waals surface area contributed by atoms with E-state index in [-0.39, 0.29) is 11.9 Å². The van der Waals surface area contributed by atoms with Gasteiger partial charge in [0.2, 0.25) is 5.91 Å². The fraction of sp³-hybridized carbons (Fsp3) is 0.714. The molecule has 3 N–H and O–H groups in total. The van der Waals surface area contributed by atoms with Crippen molar-refractivity contribution in [2.24, 2.45) is 0 Å². The van der Waals surface area contributed by atoms with Crippen molar-refractivity contribution in [1.29, 1.82) is 0 Å². The molecule has 0 unspecified atom stereocenters. The van der Waals surface area contributed by atoms with Crippen molar-refractivity contribution in [3.05, 3.63) is 35.9 Å². The number of alkyl carbamates (subject to hydrolysis) is 1. The highest BCUT2D eigenvalue weighted by Crippen LogP contribution is 2.09. The molecule has 0 fully saturated rings. The first-order valence-corrected chi connectivity index (χ1v) is 13.3. The third kappa shape index (κ3) is 16.5. The number of unbranched alkanes of at least 4 members (excludes halogenated alkanes) is 8. The predicted molar refractivity (Wildman–Crippen MR) is 141 cm³/mol. The molecule has 1 aromatic carbocycles. The standard InChI is InChI=1S/C28H49N3O3/c1-5-6-7-8-9-10-11-16-21-29-26(32)25(31-23-24-18-13-12-14-19-24)20-15-17-22-30-27(33)34-28(2,3)4/h12-14,18-19,25,31H,5-11,15-17,20-23H2,1-4H3,(H,29,32)(H,30,33)/t25-/m0/s1. The molecular weight excluding hydrogens is 426 g/mol. The molecule has 0 aliphatic rings. The summed E-state index contributed by atoms with van der Waals surface area (Å²) in [6.45, 7) is 9.72. The van der Waals surface area contributed by atoms with E-state index < -0.39 is 11.7 Å². The molecule has 0 radical (unpaired) electrons. The Morgan fingerprint density at radius 1 is 0.824 bits per heavy atom. The Hall–Kier alpha value is -2.08. The lowest BCUT2D eigenvalue weighted by atomic mass is 10.1.